The molecule has 1 aromatic heterocycles. The van der Waals surface area contributed by atoms with E-state index in [1.54, 1.807) is 0 Å². The van der Waals surface area contributed by atoms with Gasteiger partial charge in [-0.25, -0.2) is 0 Å². The summed E-state index contributed by atoms with van der Waals surface area (Å²) >= 11 is 0. The second-order valence-corrected chi connectivity index (χ2v) is 3.73. The molecule has 2 rings (SSSR count). The lowest BCUT2D eigenvalue weighted by molar-refractivity contribution is 0.0889. The average molecular weight is 244 g/mol. The van der Waals surface area contributed by atoms with Gasteiger partial charge in [0.2, 0.25) is 0 Å². The maximum absolute atomic E-state index is 11.8. The van der Waals surface area contributed by atoms with Crippen molar-refractivity contribution in [2.45, 2.75) is 6.54 Å². The average Bonchev–Trinajstić information content (AvgIpc) is 2.40. The van der Waals surface area contributed by atoms with Gasteiger partial charge >= 0.3 is 0 Å². The molecule has 2 N–H and O–H groups in total. The minimum Gasteiger partial charge on any atom is -0.425 e. The van der Waals surface area contributed by atoms with Crippen LogP contribution < -0.4 is 10.9 Å². The largest absolute Gasteiger partial charge is 0.425 e. The first-order chi connectivity index (χ1) is 8.68. The van der Waals surface area contributed by atoms with E-state index in [0.29, 0.717) is 11.3 Å². The molecule has 2 aromatic rings. The standard InChI is InChI=1S/C13H12N2O3/c16-12-8-4-7-11(15(12)18)13(17)14-9-10-5-2-1-3-6-10/h1-8,18H,9H2,(H,14,17). The molecule has 5 heteroatoms. The van der Waals surface area contributed by atoms with E-state index in [4.69, 9.17) is 0 Å². The zero-order valence-corrected chi connectivity index (χ0v) is 9.54. The Bertz CT molecular complexity index is 605. The first-order valence-electron chi connectivity index (χ1n) is 5.42. The van der Waals surface area contributed by atoms with Crippen LogP contribution in [0, 0.1) is 0 Å². The number of benzene rings is 1. The van der Waals surface area contributed by atoms with Gasteiger partial charge in [-0.2, -0.15) is 0 Å². The summed E-state index contributed by atoms with van der Waals surface area (Å²) < 4.78 is 0.334. The van der Waals surface area contributed by atoms with E-state index in [1.165, 1.54) is 18.2 Å². The molecule has 0 unspecified atom stereocenters. The molecule has 0 saturated carbocycles. The van der Waals surface area contributed by atoms with Gasteiger partial charge in [-0.05, 0) is 11.6 Å². The van der Waals surface area contributed by atoms with E-state index in [9.17, 15) is 14.8 Å². The molecule has 0 bridgehead atoms. The number of hydrogen-bond acceptors (Lipinski definition) is 3. The highest BCUT2D eigenvalue weighted by Gasteiger charge is 2.10. The number of nitrogens with one attached hydrogen (secondary N) is 1. The minimum absolute atomic E-state index is 0.0848. The Morgan fingerprint density at radius 1 is 1.11 bits per heavy atom. The molecule has 0 radical (unpaired) electrons. The van der Waals surface area contributed by atoms with Gasteiger partial charge in [-0.15, -0.1) is 4.73 Å². The second-order valence-electron chi connectivity index (χ2n) is 3.73. The van der Waals surface area contributed by atoms with E-state index in [2.05, 4.69) is 5.32 Å². The van der Waals surface area contributed by atoms with E-state index in [-0.39, 0.29) is 5.69 Å². The van der Waals surface area contributed by atoms with Crippen LogP contribution in [0.25, 0.3) is 0 Å². The highest BCUT2D eigenvalue weighted by atomic mass is 16.5. The Balaban J connectivity index is 2.09. The van der Waals surface area contributed by atoms with E-state index in [0.717, 1.165) is 5.56 Å². The van der Waals surface area contributed by atoms with E-state index < -0.39 is 11.5 Å². The van der Waals surface area contributed by atoms with Crippen LogP contribution in [0.5, 0.6) is 0 Å². The number of rotatable bonds is 3. The third kappa shape index (κ3) is 2.57. The van der Waals surface area contributed by atoms with Crippen molar-refractivity contribution in [1.82, 2.24) is 10.0 Å². The molecular weight excluding hydrogens is 232 g/mol. The first-order valence-corrected chi connectivity index (χ1v) is 5.42. The lowest BCUT2D eigenvalue weighted by Gasteiger charge is -2.07. The normalized spacial score (nSPS) is 10.0. The number of hydrogen-bond donors (Lipinski definition) is 2. The molecule has 0 spiro atoms. The molecule has 1 heterocycles. The number of aromatic nitrogens is 1. The van der Waals surface area contributed by atoms with Crippen molar-refractivity contribution in [3.05, 3.63) is 70.1 Å². The summed E-state index contributed by atoms with van der Waals surface area (Å²) in [5.41, 5.74) is 0.217. The van der Waals surface area contributed by atoms with Gasteiger partial charge in [0.15, 0.2) is 0 Å². The van der Waals surface area contributed by atoms with Gasteiger partial charge in [0.1, 0.15) is 5.69 Å². The van der Waals surface area contributed by atoms with Gasteiger partial charge in [0.25, 0.3) is 11.5 Å². The minimum atomic E-state index is -0.637. The van der Waals surface area contributed by atoms with Gasteiger partial charge in [-0.1, -0.05) is 36.4 Å². The second kappa shape index (κ2) is 5.18. The maximum Gasteiger partial charge on any atom is 0.283 e. The van der Waals surface area contributed by atoms with Gasteiger partial charge in [-0.3, -0.25) is 9.59 Å². The SMILES string of the molecule is O=C(NCc1ccccc1)c1cccc(=O)n1O. The summed E-state index contributed by atoms with van der Waals surface area (Å²) in [4.78, 5) is 22.9. The first kappa shape index (κ1) is 11.9. The number of nitrogens with zero attached hydrogens (tertiary/aromatic N) is 1. The lowest BCUT2D eigenvalue weighted by atomic mass is 10.2. The van der Waals surface area contributed by atoms with Crippen molar-refractivity contribution < 1.29 is 10.0 Å². The number of carbonyl (C=O) groups is 1. The third-order valence-corrected chi connectivity index (χ3v) is 2.46. The van der Waals surface area contributed by atoms with Crippen LogP contribution in [0.3, 0.4) is 0 Å². The van der Waals surface area contributed by atoms with Crippen molar-refractivity contribution >= 4 is 5.91 Å². The van der Waals surface area contributed by atoms with Crippen molar-refractivity contribution in [1.29, 1.82) is 0 Å². The predicted molar refractivity (Wildman–Crippen MR) is 65.5 cm³/mol. The van der Waals surface area contributed by atoms with Gasteiger partial charge < -0.3 is 10.5 Å². The molecule has 0 aliphatic carbocycles. The molecule has 0 aliphatic heterocycles. The van der Waals surface area contributed by atoms with Crippen molar-refractivity contribution in [3.8, 4) is 0 Å². The Morgan fingerprint density at radius 2 is 1.83 bits per heavy atom. The van der Waals surface area contributed by atoms with Crippen molar-refractivity contribution in [2.24, 2.45) is 0 Å². The molecule has 92 valence electrons. The molecule has 0 atom stereocenters. The Hall–Kier alpha value is -2.56. The van der Waals surface area contributed by atoms with Crippen molar-refractivity contribution in [3.63, 3.8) is 0 Å². The van der Waals surface area contributed by atoms with Crippen LogP contribution >= 0.6 is 0 Å². The zero-order chi connectivity index (χ0) is 13.0. The molecule has 0 fully saturated rings. The number of amides is 1. The number of carbonyl (C=O) groups excluding carboxylic acids is 1. The quantitative estimate of drug-likeness (QED) is 0.792. The summed E-state index contributed by atoms with van der Waals surface area (Å²) in [6, 6.07) is 13.3. The molecule has 1 aromatic carbocycles. The molecule has 1 amide bonds. The van der Waals surface area contributed by atoms with Crippen LogP contribution in [-0.2, 0) is 6.54 Å². The summed E-state index contributed by atoms with van der Waals surface area (Å²) in [6.07, 6.45) is 0. The molecule has 5 nitrogen and oxygen atoms in total. The highest BCUT2D eigenvalue weighted by molar-refractivity contribution is 5.92. The molecule has 18 heavy (non-hydrogen) atoms. The fourth-order valence-corrected chi connectivity index (χ4v) is 1.52. The maximum atomic E-state index is 11.8. The zero-order valence-electron chi connectivity index (χ0n) is 9.54. The highest BCUT2D eigenvalue weighted by Crippen LogP contribution is 1.99. The fourth-order valence-electron chi connectivity index (χ4n) is 1.52. The van der Waals surface area contributed by atoms with Crippen LogP contribution in [-0.4, -0.2) is 15.8 Å². The van der Waals surface area contributed by atoms with E-state index >= 15 is 0 Å². The van der Waals surface area contributed by atoms with Crippen molar-refractivity contribution in [2.75, 3.05) is 0 Å². The van der Waals surface area contributed by atoms with Crippen LogP contribution in [0.1, 0.15) is 16.1 Å². The fraction of sp³-hybridized carbons (Fsp3) is 0.0769. The smallest absolute Gasteiger partial charge is 0.283 e. The van der Waals surface area contributed by atoms with Gasteiger partial charge in [0, 0.05) is 12.6 Å². The van der Waals surface area contributed by atoms with Crippen LogP contribution in [0.15, 0.2) is 53.3 Å². The van der Waals surface area contributed by atoms with Crippen LogP contribution in [0.2, 0.25) is 0 Å². The summed E-state index contributed by atoms with van der Waals surface area (Å²) in [7, 11) is 0. The Morgan fingerprint density at radius 3 is 2.56 bits per heavy atom. The topological polar surface area (TPSA) is 71.3 Å². The van der Waals surface area contributed by atoms with Gasteiger partial charge in [0.05, 0.1) is 0 Å². The molecule has 0 aliphatic rings. The molecular formula is C13H12N2O3. The summed E-state index contributed by atoms with van der Waals surface area (Å²) in [5.74, 6) is -0.501. The van der Waals surface area contributed by atoms with E-state index in [1.807, 2.05) is 30.3 Å². The number of pyridine rings is 1. The third-order valence-electron chi connectivity index (χ3n) is 2.46. The summed E-state index contributed by atoms with van der Waals surface area (Å²) in [6.45, 7) is 0.336. The lowest BCUT2D eigenvalue weighted by Crippen LogP contribution is -2.30. The Labute approximate surface area is 103 Å². The van der Waals surface area contributed by atoms with Crippen LogP contribution in [0.4, 0.5) is 0 Å². The predicted octanol–water partition coefficient (Wildman–Crippen LogP) is 1.02. The Kier molecular flexibility index (Phi) is 3.43. The molecule has 0 saturated heterocycles. The monoisotopic (exact) mass is 244 g/mol. The summed E-state index contributed by atoms with van der Waals surface area (Å²) in [5, 5.41) is 12.0.